The lowest BCUT2D eigenvalue weighted by molar-refractivity contribution is -0.116. The fraction of sp³-hybridized carbons (Fsp3) is 0.130. The van der Waals surface area contributed by atoms with Gasteiger partial charge in [-0.2, -0.15) is 0 Å². The number of carbonyl (C=O) groups excluding carboxylic acids is 1. The van der Waals surface area contributed by atoms with Crippen LogP contribution in [0.3, 0.4) is 0 Å². The lowest BCUT2D eigenvalue weighted by Crippen LogP contribution is -2.35. The van der Waals surface area contributed by atoms with Crippen LogP contribution in [-0.2, 0) is 21.2 Å². The molecule has 5 nitrogen and oxygen atoms in total. The monoisotopic (exact) mass is 436 g/mol. The maximum atomic E-state index is 13.2. The molecule has 0 aliphatic heterocycles. The molecule has 3 aromatic carbocycles. The van der Waals surface area contributed by atoms with Gasteiger partial charge >= 0.3 is 0 Å². The molecule has 0 saturated heterocycles. The second-order valence-electron chi connectivity index (χ2n) is 6.96. The number of benzene rings is 3. The molecule has 4 aromatic rings. The molecule has 7 heteroatoms. The largest absolute Gasteiger partial charge is 0.283 e. The fourth-order valence-electron chi connectivity index (χ4n) is 3.17. The number of hydrogen-bond donors (Lipinski definition) is 0. The lowest BCUT2D eigenvalue weighted by Gasteiger charge is -2.20. The molecular weight excluding hydrogens is 416 g/mol. The van der Waals surface area contributed by atoms with Crippen molar-refractivity contribution in [1.29, 1.82) is 0 Å². The number of hydrogen-bond acceptors (Lipinski definition) is 5. The summed E-state index contributed by atoms with van der Waals surface area (Å²) in [5.74, 6) is -1.11. The van der Waals surface area contributed by atoms with Gasteiger partial charge in [0.15, 0.2) is 15.0 Å². The maximum Gasteiger partial charge on any atom is 0.244 e. The van der Waals surface area contributed by atoms with Crippen LogP contribution in [0.15, 0.2) is 83.8 Å². The first kappa shape index (κ1) is 20.3. The quantitative estimate of drug-likeness (QED) is 0.443. The zero-order valence-electron chi connectivity index (χ0n) is 16.4. The minimum absolute atomic E-state index is 0.137. The van der Waals surface area contributed by atoms with Crippen molar-refractivity contribution in [3.8, 4) is 0 Å². The van der Waals surface area contributed by atoms with Gasteiger partial charge in [0.25, 0.3) is 0 Å². The lowest BCUT2D eigenvalue weighted by atomic mass is 10.2. The van der Waals surface area contributed by atoms with Crippen molar-refractivity contribution in [2.75, 3.05) is 10.7 Å². The van der Waals surface area contributed by atoms with E-state index in [-0.39, 0.29) is 11.4 Å². The summed E-state index contributed by atoms with van der Waals surface area (Å²) in [7, 11) is -3.76. The highest BCUT2D eigenvalue weighted by Crippen LogP contribution is 2.31. The molecule has 0 aliphatic carbocycles. The molecule has 0 N–H and O–H groups in total. The van der Waals surface area contributed by atoms with Crippen LogP contribution in [0.1, 0.15) is 11.1 Å². The van der Waals surface area contributed by atoms with E-state index < -0.39 is 21.5 Å². The Morgan fingerprint density at radius 1 is 0.933 bits per heavy atom. The second kappa shape index (κ2) is 8.38. The molecule has 4 rings (SSSR count). The molecule has 0 radical (unpaired) electrons. The van der Waals surface area contributed by atoms with E-state index in [4.69, 9.17) is 0 Å². The van der Waals surface area contributed by atoms with Crippen molar-refractivity contribution in [2.45, 2.75) is 18.4 Å². The molecule has 0 fully saturated rings. The fourth-order valence-corrected chi connectivity index (χ4v) is 5.45. The molecule has 30 heavy (non-hydrogen) atoms. The van der Waals surface area contributed by atoms with Crippen LogP contribution in [-0.4, -0.2) is 25.1 Å². The number of para-hydroxylation sites is 1. The van der Waals surface area contributed by atoms with Crippen molar-refractivity contribution < 1.29 is 13.2 Å². The number of thiazole rings is 1. The third-order valence-electron chi connectivity index (χ3n) is 4.74. The number of carbonyl (C=O) groups is 1. The number of aromatic nitrogens is 1. The molecular formula is C23H20N2O3S2. The number of sulfone groups is 1. The third-order valence-corrected chi connectivity index (χ3v) is 7.40. The van der Waals surface area contributed by atoms with E-state index in [9.17, 15) is 13.2 Å². The summed E-state index contributed by atoms with van der Waals surface area (Å²) in [6, 6.07) is 23.4. The van der Waals surface area contributed by atoms with Crippen LogP contribution in [0.2, 0.25) is 0 Å². The predicted octanol–water partition coefficient (Wildman–Crippen LogP) is 4.61. The van der Waals surface area contributed by atoms with Crippen molar-refractivity contribution in [2.24, 2.45) is 0 Å². The van der Waals surface area contributed by atoms with E-state index >= 15 is 0 Å². The second-order valence-corrected chi connectivity index (χ2v) is 9.95. The number of nitrogens with zero attached hydrogens (tertiary/aromatic N) is 2. The van der Waals surface area contributed by atoms with E-state index in [2.05, 4.69) is 4.98 Å². The van der Waals surface area contributed by atoms with E-state index in [1.807, 2.05) is 55.5 Å². The highest BCUT2D eigenvalue weighted by molar-refractivity contribution is 7.92. The van der Waals surface area contributed by atoms with Gasteiger partial charge in [0, 0.05) is 0 Å². The van der Waals surface area contributed by atoms with Gasteiger partial charge < -0.3 is 0 Å². The van der Waals surface area contributed by atoms with Crippen LogP contribution < -0.4 is 4.90 Å². The van der Waals surface area contributed by atoms with Gasteiger partial charge in [-0.3, -0.25) is 9.69 Å². The minimum Gasteiger partial charge on any atom is -0.283 e. The Morgan fingerprint density at radius 3 is 2.27 bits per heavy atom. The molecule has 0 saturated carbocycles. The van der Waals surface area contributed by atoms with Gasteiger partial charge in [-0.1, -0.05) is 72.0 Å². The average Bonchev–Trinajstić information content (AvgIpc) is 3.18. The Labute approximate surface area is 179 Å². The van der Waals surface area contributed by atoms with Crippen molar-refractivity contribution in [3.05, 3.63) is 90.0 Å². The van der Waals surface area contributed by atoms with Crippen LogP contribution in [0.25, 0.3) is 10.2 Å². The standard InChI is InChI=1S/C23H20N2O3S2/c1-17-9-8-14-20-22(17)24-23(29-20)25(15-18-10-4-2-5-11-18)21(26)16-30(27,28)19-12-6-3-7-13-19/h2-14H,15-16H2,1H3. The topological polar surface area (TPSA) is 67.3 Å². The smallest absolute Gasteiger partial charge is 0.244 e. The van der Waals surface area contributed by atoms with Crippen LogP contribution in [0, 0.1) is 6.92 Å². The molecule has 0 atom stereocenters. The van der Waals surface area contributed by atoms with Crippen molar-refractivity contribution in [3.63, 3.8) is 0 Å². The summed E-state index contributed by atoms with van der Waals surface area (Å²) in [6.07, 6.45) is 0. The first-order chi connectivity index (χ1) is 14.4. The molecule has 0 aliphatic rings. The molecule has 1 aromatic heterocycles. The van der Waals surface area contributed by atoms with Gasteiger partial charge in [-0.15, -0.1) is 0 Å². The Kier molecular flexibility index (Phi) is 5.65. The Balaban J connectivity index is 1.71. The molecule has 1 amide bonds. The molecule has 0 unspecified atom stereocenters. The van der Waals surface area contributed by atoms with Crippen LogP contribution in [0.5, 0.6) is 0 Å². The summed E-state index contributed by atoms with van der Waals surface area (Å²) in [5, 5.41) is 0.497. The van der Waals surface area contributed by atoms with E-state index in [0.29, 0.717) is 5.13 Å². The Morgan fingerprint density at radius 2 is 1.60 bits per heavy atom. The first-order valence-electron chi connectivity index (χ1n) is 9.42. The van der Waals surface area contributed by atoms with Gasteiger partial charge in [0.05, 0.1) is 21.7 Å². The van der Waals surface area contributed by atoms with Gasteiger partial charge in [-0.05, 0) is 36.2 Å². The van der Waals surface area contributed by atoms with Gasteiger partial charge in [0.1, 0.15) is 5.75 Å². The number of amides is 1. The predicted molar refractivity (Wildman–Crippen MR) is 120 cm³/mol. The average molecular weight is 437 g/mol. The van der Waals surface area contributed by atoms with Crippen LogP contribution >= 0.6 is 11.3 Å². The third kappa shape index (κ3) is 4.27. The molecule has 0 bridgehead atoms. The summed E-state index contributed by atoms with van der Waals surface area (Å²) in [4.78, 5) is 19.5. The van der Waals surface area contributed by atoms with E-state index in [1.54, 1.807) is 18.2 Å². The number of aryl methyl sites for hydroxylation is 1. The number of rotatable bonds is 6. The van der Waals surface area contributed by atoms with Gasteiger partial charge in [-0.25, -0.2) is 13.4 Å². The summed E-state index contributed by atoms with van der Waals surface area (Å²) in [5.41, 5.74) is 2.74. The highest BCUT2D eigenvalue weighted by Gasteiger charge is 2.26. The molecule has 0 spiro atoms. The van der Waals surface area contributed by atoms with E-state index in [0.717, 1.165) is 21.3 Å². The molecule has 152 valence electrons. The maximum absolute atomic E-state index is 13.2. The van der Waals surface area contributed by atoms with E-state index in [1.165, 1.54) is 28.4 Å². The minimum atomic E-state index is -3.76. The SMILES string of the molecule is Cc1cccc2sc(N(Cc3ccccc3)C(=O)CS(=O)(=O)c3ccccc3)nc12. The van der Waals surface area contributed by atoms with Crippen molar-refractivity contribution in [1.82, 2.24) is 4.98 Å². The molecule has 1 heterocycles. The zero-order valence-corrected chi connectivity index (χ0v) is 18.0. The summed E-state index contributed by atoms with van der Waals surface area (Å²) >= 11 is 1.39. The van der Waals surface area contributed by atoms with Crippen molar-refractivity contribution >= 4 is 42.4 Å². The summed E-state index contributed by atoms with van der Waals surface area (Å²) in [6.45, 7) is 2.22. The first-order valence-corrected chi connectivity index (χ1v) is 11.9. The zero-order chi connectivity index (χ0) is 21.1. The Hall–Kier alpha value is -3.03. The highest BCUT2D eigenvalue weighted by atomic mass is 32.2. The number of fused-ring (bicyclic) bond motifs is 1. The normalized spacial score (nSPS) is 11.5. The number of anilines is 1. The summed E-state index contributed by atoms with van der Waals surface area (Å²) < 4.78 is 26.5. The Bertz CT molecular complexity index is 1280. The van der Waals surface area contributed by atoms with Crippen LogP contribution in [0.4, 0.5) is 5.13 Å². The van der Waals surface area contributed by atoms with Gasteiger partial charge in [0.2, 0.25) is 5.91 Å².